The highest BCUT2D eigenvalue weighted by molar-refractivity contribution is 8.01. The van der Waals surface area contributed by atoms with E-state index in [1.807, 2.05) is 19.9 Å². The number of thiophene rings is 1. The lowest BCUT2D eigenvalue weighted by atomic mass is 10.2. The normalized spacial score (nSPS) is 27.1. The van der Waals surface area contributed by atoms with E-state index in [0.717, 1.165) is 11.3 Å². The highest BCUT2D eigenvalue weighted by Gasteiger charge is 2.53. The number of rotatable bonds is 4. The number of carbonyl (C=O) groups is 3. The van der Waals surface area contributed by atoms with Gasteiger partial charge in [-0.2, -0.15) is 0 Å². The summed E-state index contributed by atoms with van der Waals surface area (Å²) in [5.74, 6) is -0.150. The molecule has 3 heterocycles. The van der Waals surface area contributed by atoms with Crippen molar-refractivity contribution in [2.75, 3.05) is 12.4 Å². The van der Waals surface area contributed by atoms with Gasteiger partial charge in [-0.15, -0.1) is 23.1 Å². The fourth-order valence-electron chi connectivity index (χ4n) is 2.88. The van der Waals surface area contributed by atoms with Gasteiger partial charge in [-0.25, -0.2) is 4.79 Å². The third kappa shape index (κ3) is 2.67. The number of Topliss-reactive ketones (excluding diaryl/α,β-unsaturated/α-hetero) is 1. The van der Waals surface area contributed by atoms with E-state index in [1.165, 1.54) is 11.3 Å². The molecule has 0 aliphatic carbocycles. The minimum absolute atomic E-state index is 0.00495. The van der Waals surface area contributed by atoms with Crippen molar-refractivity contribution >= 4 is 40.8 Å². The topological polar surface area (TPSA) is 63.7 Å². The van der Waals surface area contributed by atoms with Crippen molar-refractivity contribution in [1.29, 1.82) is 0 Å². The number of ether oxygens (including phenoxy) is 1. The molecule has 0 aromatic carbocycles. The molecule has 118 valence electrons. The summed E-state index contributed by atoms with van der Waals surface area (Å²) in [6.45, 7) is 3.64. The number of esters is 1. The van der Waals surface area contributed by atoms with Gasteiger partial charge in [0.05, 0.1) is 9.75 Å². The zero-order valence-electron chi connectivity index (χ0n) is 12.5. The number of ketones is 1. The summed E-state index contributed by atoms with van der Waals surface area (Å²) in [5.41, 5.74) is 0. The number of thioether (sulfide) groups is 1. The quantitative estimate of drug-likeness (QED) is 0.622. The molecule has 7 heteroatoms. The van der Waals surface area contributed by atoms with E-state index in [4.69, 9.17) is 4.74 Å². The number of fused-ring (bicyclic) bond motifs is 1. The van der Waals surface area contributed by atoms with Gasteiger partial charge in [-0.1, -0.05) is 0 Å². The van der Waals surface area contributed by atoms with Crippen LogP contribution >= 0.6 is 23.1 Å². The Hall–Kier alpha value is -1.34. The van der Waals surface area contributed by atoms with Crippen LogP contribution in [0.5, 0.6) is 0 Å². The number of nitrogens with zero attached hydrogens (tertiary/aromatic N) is 1. The van der Waals surface area contributed by atoms with Crippen molar-refractivity contribution in [2.45, 2.75) is 37.6 Å². The SMILES string of the molecule is Cc1ccc(C(=O)COC(=O)[C@@H]2CS[C@]3(C)CCC(=O)N23)s1. The van der Waals surface area contributed by atoms with Gasteiger partial charge in [-0.05, 0) is 32.4 Å². The molecule has 2 atom stereocenters. The predicted octanol–water partition coefficient (Wildman–Crippen LogP) is 2.24. The number of hydrogen-bond acceptors (Lipinski definition) is 6. The van der Waals surface area contributed by atoms with Crippen LogP contribution in [0, 0.1) is 6.92 Å². The first-order valence-corrected chi connectivity index (χ1v) is 8.93. The van der Waals surface area contributed by atoms with Crippen LogP contribution in [-0.2, 0) is 14.3 Å². The van der Waals surface area contributed by atoms with Crippen LogP contribution in [0.1, 0.15) is 34.3 Å². The van der Waals surface area contributed by atoms with E-state index in [2.05, 4.69) is 0 Å². The summed E-state index contributed by atoms with van der Waals surface area (Å²) in [5, 5.41) is 0. The largest absolute Gasteiger partial charge is 0.456 e. The second-order valence-corrected chi connectivity index (χ2v) is 8.50. The molecule has 0 bridgehead atoms. The van der Waals surface area contributed by atoms with Gasteiger partial charge < -0.3 is 9.64 Å². The van der Waals surface area contributed by atoms with Crippen molar-refractivity contribution in [1.82, 2.24) is 4.90 Å². The first-order valence-electron chi connectivity index (χ1n) is 7.13. The van der Waals surface area contributed by atoms with Crippen molar-refractivity contribution in [3.8, 4) is 0 Å². The highest BCUT2D eigenvalue weighted by atomic mass is 32.2. The van der Waals surface area contributed by atoms with Gasteiger partial charge in [0, 0.05) is 17.1 Å². The molecule has 3 rings (SSSR count). The maximum atomic E-state index is 12.2. The van der Waals surface area contributed by atoms with Crippen LogP contribution in [0.4, 0.5) is 0 Å². The first-order chi connectivity index (χ1) is 10.4. The molecule has 1 aromatic heterocycles. The molecule has 0 saturated carbocycles. The van der Waals surface area contributed by atoms with Gasteiger partial charge in [0.2, 0.25) is 11.7 Å². The highest BCUT2D eigenvalue weighted by Crippen LogP contribution is 2.47. The van der Waals surface area contributed by atoms with Crippen molar-refractivity contribution in [3.63, 3.8) is 0 Å². The average molecular weight is 339 g/mol. The Labute approximate surface area is 137 Å². The van der Waals surface area contributed by atoms with Crippen LogP contribution in [0.2, 0.25) is 0 Å². The van der Waals surface area contributed by atoms with Crippen LogP contribution < -0.4 is 0 Å². The Morgan fingerprint density at radius 2 is 2.23 bits per heavy atom. The summed E-state index contributed by atoms with van der Waals surface area (Å²) in [4.78, 5) is 39.2. The maximum Gasteiger partial charge on any atom is 0.330 e. The lowest BCUT2D eigenvalue weighted by Crippen LogP contribution is -2.46. The Kier molecular flexibility index (Phi) is 4.03. The molecule has 2 saturated heterocycles. The molecule has 5 nitrogen and oxygen atoms in total. The lowest BCUT2D eigenvalue weighted by molar-refractivity contribution is -0.152. The molecular weight excluding hydrogens is 322 g/mol. The van der Waals surface area contributed by atoms with Gasteiger partial charge in [0.1, 0.15) is 6.04 Å². The van der Waals surface area contributed by atoms with E-state index in [1.54, 1.807) is 22.7 Å². The molecule has 1 aromatic rings. The van der Waals surface area contributed by atoms with Gasteiger partial charge in [0.15, 0.2) is 6.61 Å². The zero-order chi connectivity index (χ0) is 15.9. The first kappa shape index (κ1) is 15.6. The minimum atomic E-state index is -0.567. The molecule has 0 unspecified atom stereocenters. The van der Waals surface area contributed by atoms with Crippen molar-refractivity contribution in [3.05, 3.63) is 21.9 Å². The van der Waals surface area contributed by atoms with Gasteiger partial charge >= 0.3 is 5.97 Å². The Morgan fingerprint density at radius 1 is 1.45 bits per heavy atom. The third-order valence-electron chi connectivity index (χ3n) is 4.08. The molecule has 2 aliphatic rings. The standard InChI is InChI=1S/C15H17NO4S2/c1-9-3-4-12(22-9)11(17)7-20-14(19)10-8-21-15(2)6-5-13(18)16(10)15/h3-4,10H,5-8H2,1-2H3/t10-,15+/m0/s1. The van der Waals surface area contributed by atoms with Crippen molar-refractivity contribution < 1.29 is 19.1 Å². The molecular formula is C15H17NO4S2. The number of carbonyl (C=O) groups excluding carboxylic acids is 3. The summed E-state index contributed by atoms with van der Waals surface area (Å²) in [6.07, 6.45) is 1.23. The van der Waals surface area contributed by atoms with E-state index in [-0.39, 0.29) is 23.2 Å². The van der Waals surface area contributed by atoms with E-state index in [0.29, 0.717) is 17.1 Å². The Bertz CT molecular complexity index is 641. The number of aryl methyl sites for hydroxylation is 1. The van der Waals surface area contributed by atoms with Crippen LogP contribution in [0.25, 0.3) is 0 Å². The third-order valence-corrected chi connectivity index (χ3v) is 6.62. The molecule has 0 spiro atoms. The van der Waals surface area contributed by atoms with Crippen LogP contribution in [-0.4, -0.2) is 45.8 Å². The summed E-state index contributed by atoms with van der Waals surface area (Å²) in [6, 6.07) is 3.03. The molecule has 2 aliphatic heterocycles. The van der Waals surface area contributed by atoms with Gasteiger partial charge in [0.25, 0.3) is 0 Å². The summed E-state index contributed by atoms with van der Waals surface area (Å²) >= 11 is 3.00. The maximum absolute atomic E-state index is 12.2. The summed E-state index contributed by atoms with van der Waals surface area (Å²) in [7, 11) is 0. The molecule has 1 amide bonds. The average Bonchev–Trinajstić information content (AvgIpc) is 3.13. The zero-order valence-corrected chi connectivity index (χ0v) is 14.1. The fourth-order valence-corrected chi connectivity index (χ4v) is 5.09. The Morgan fingerprint density at radius 3 is 2.91 bits per heavy atom. The Balaban J connectivity index is 1.61. The molecule has 22 heavy (non-hydrogen) atoms. The lowest BCUT2D eigenvalue weighted by Gasteiger charge is -2.29. The monoisotopic (exact) mass is 339 g/mol. The van der Waals surface area contributed by atoms with Crippen molar-refractivity contribution in [2.24, 2.45) is 0 Å². The van der Waals surface area contributed by atoms with Crippen LogP contribution in [0.15, 0.2) is 12.1 Å². The molecule has 0 radical (unpaired) electrons. The molecule has 2 fully saturated rings. The predicted molar refractivity (Wildman–Crippen MR) is 85.1 cm³/mol. The molecule has 0 N–H and O–H groups in total. The number of hydrogen-bond donors (Lipinski definition) is 0. The smallest absolute Gasteiger partial charge is 0.330 e. The second-order valence-electron chi connectivity index (χ2n) is 5.71. The fraction of sp³-hybridized carbons (Fsp3) is 0.533. The van der Waals surface area contributed by atoms with Crippen LogP contribution in [0.3, 0.4) is 0 Å². The summed E-state index contributed by atoms with van der Waals surface area (Å²) < 4.78 is 5.16. The second kappa shape index (κ2) is 5.70. The van der Waals surface area contributed by atoms with E-state index < -0.39 is 12.0 Å². The number of amides is 1. The van der Waals surface area contributed by atoms with E-state index in [9.17, 15) is 14.4 Å². The van der Waals surface area contributed by atoms with Gasteiger partial charge in [-0.3, -0.25) is 9.59 Å². The van der Waals surface area contributed by atoms with E-state index >= 15 is 0 Å². The minimum Gasteiger partial charge on any atom is -0.456 e.